The number of aryl methyl sites for hydroxylation is 1. The third-order valence-corrected chi connectivity index (χ3v) is 4.96. The lowest BCUT2D eigenvalue weighted by Gasteiger charge is -2.07. The zero-order chi connectivity index (χ0) is 14.9. The highest BCUT2D eigenvalue weighted by atomic mass is 32.1. The van der Waals surface area contributed by atoms with Crippen molar-refractivity contribution in [3.63, 3.8) is 0 Å². The van der Waals surface area contributed by atoms with Crippen molar-refractivity contribution in [3.05, 3.63) is 83.7 Å². The second-order valence-corrected chi connectivity index (χ2v) is 6.53. The Kier molecular flexibility index (Phi) is 3.28. The lowest BCUT2D eigenvalue weighted by atomic mass is 9.98. The van der Waals surface area contributed by atoms with Gasteiger partial charge in [0.05, 0.1) is 0 Å². The quantitative estimate of drug-likeness (QED) is 0.394. The standard InChI is InChI=1S/C21H16S/c1-15-5-7-16(8-6-15)17-9-11-18(12-10-17)19-3-2-4-21-20(19)13-14-22-21/h2-14H,1H3. The van der Waals surface area contributed by atoms with Gasteiger partial charge in [0.1, 0.15) is 0 Å². The van der Waals surface area contributed by atoms with Crippen molar-refractivity contribution in [2.45, 2.75) is 6.92 Å². The van der Waals surface area contributed by atoms with Crippen molar-refractivity contribution in [3.8, 4) is 22.3 Å². The van der Waals surface area contributed by atoms with E-state index in [0.717, 1.165) is 0 Å². The van der Waals surface area contributed by atoms with E-state index >= 15 is 0 Å². The van der Waals surface area contributed by atoms with Crippen LogP contribution in [0.3, 0.4) is 0 Å². The van der Waals surface area contributed by atoms with Crippen LogP contribution in [0.2, 0.25) is 0 Å². The second-order valence-electron chi connectivity index (χ2n) is 5.58. The van der Waals surface area contributed by atoms with Gasteiger partial charge in [-0.25, -0.2) is 0 Å². The van der Waals surface area contributed by atoms with Gasteiger partial charge < -0.3 is 0 Å². The summed E-state index contributed by atoms with van der Waals surface area (Å²) >= 11 is 1.80. The van der Waals surface area contributed by atoms with Crippen LogP contribution in [0.5, 0.6) is 0 Å². The maximum Gasteiger partial charge on any atom is 0.0348 e. The molecule has 0 saturated carbocycles. The van der Waals surface area contributed by atoms with Crippen LogP contribution in [0, 0.1) is 6.92 Å². The molecule has 0 aliphatic heterocycles. The molecule has 0 spiro atoms. The molecule has 0 nitrogen and oxygen atoms in total. The maximum atomic E-state index is 2.22. The van der Waals surface area contributed by atoms with Crippen LogP contribution in [-0.4, -0.2) is 0 Å². The fraction of sp³-hybridized carbons (Fsp3) is 0.0476. The summed E-state index contributed by atoms with van der Waals surface area (Å²) in [5.74, 6) is 0. The topological polar surface area (TPSA) is 0 Å². The average molecular weight is 300 g/mol. The number of rotatable bonds is 2. The van der Waals surface area contributed by atoms with Gasteiger partial charge in [-0.1, -0.05) is 66.2 Å². The van der Waals surface area contributed by atoms with E-state index < -0.39 is 0 Å². The summed E-state index contributed by atoms with van der Waals surface area (Å²) in [7, 11) is 0. The van der Waals surface area contributed by atoms with Crippen molar-refractivity contribution in [2.24, 2.45) is 0 Å². The molecule has 3 aromatic carbocycles. The summed E-state index contributed by atoms with van der Waals surface area (Å²) in [6.07, 6.45) is 0. The molecule has 0 unspecified atom stereocenters. The minimum absolute atomic E-state index is 1.27. The molecular formula is C21H16S. The van der Waals surface area contributed by atoms with E-state index in [1.54, 1.807) is 11.3 Å². The Morgan fingerprint density at radius 3 is 2.00 bits per heavy atom. The lowest BCUT2D eigenvalue weighted by molar-refractivity contribution is 1.47. The van der Waals surface area contributed by atoms with Gasteiger partial charge >= 0.3 is 0 Å². The molecule has 0 bridgehead atoms. The Bertz CT molecular complexity index is 912. The van der Waals surface area contributed by atoms with Crippen LogP contribution >= 0.6 is 11.3 Å². The van der Waals surface area contributed by atoms with Crippen molar-refractivity contribution >= 4 is 21.4 Å². The SMILES string of the molecule is Cc1ccc(-c2ccc(-c3cccc4sccc34)cc2)cc1. The molecule has 0 atom stereocenters. The van der Waals surface area contributed by atoms with E-state index in [1.807, 2.05) is 0 Å². The molecule has 106 valence electrons. The van der Waals surface area contributed by atoms with E-state index in [9.17, 15) is 0 Å². The van der Waals surface area contributed by atoms with Gasteiger partial charge in [0, 0.05) is 10.1 Å². The van der Waals surface area contributed by atoms with Crippen molar-refractivity contribution < 1.29 is 0 Å². The largest absolute Gasteiger partial charge is 0.144 e. The van der Waals surface area contributed by atoms with Gasteiger partial charge in [0.2, 0.25) is 0 Å². The second kappa shape index (κ2) is 5.43. The van der Waals surface area contributed by atoms with Gasteiger partial charge in [0.25, 0.3) is 0 Å². The molecule has 1 heterocycles. The molecule has 1 heteroatoms. The average Bonchev–Trinajstić information content (AvgIpc) is 3.04. The van der Waals surface area contributed by atoms with Gasteiger partial charge in [-0.05, 0) is 46.7 Å². The minimum Gasteiger partial charge on any atom is -0.144 e. The van der Waals surface area contributed by atoms with E-state index in [0.29, 0.717) is 0 Å². The monoisotopic (exact) mass is 300 g/mol. The Hall–Kier alpha value is -2.38. The summed E-state index contributed by atoms with van der Waals surface area (Å²) in [5.41, 5.74) is 6.42. The molecule has 22 heavy (non-hydrogen) atoms. The first-order valence-corrected chi connectivity index (χ1v) is 8.33. The first-order valence-electron chi connectivity index (χ1n) is 7.45. The number of thiophene rings is 1. The van der Waals surface area contributed by atoms with Crippen molar-refractivity contribution in [1.29, 1.82) is 0 Å². The molecule has 0 aliphatic rings. The first kappa shape index (κ1) is 13.3. The molecule has 0 fully saturated rings. The first-order chi connectivity index (χ1) is 10.8. The predicted molar refractivity (Wildman–Crippen MR) is 97.4 cm³/mol. The highest BCUT2D eigenvalue weighted by Crippen LogP contribution is 2.32. The van der Waals surface area contributed by atoms with E-state index in [4.69, 9.17) is 0 Å². The van der Waals surface area contributed by atoms with Crippen molar-refractivity contribution in [1.82, 2.24) is 0 Å². The molecule has 0 N–H and O–H groups in total. The number of fused-ring (bicyclic) bond motifs is 1. The van der Waals surface area contributed by atoms with Crippen molar-refractivity contribution in [2.75, 3.05) is 0 Å². The van der Waals surface area contributed by atoms with E-state index in [-0.39, 0.29) is 0 Å². The normalized spacial score (nSPS) is 11.0. The molecule has 4 aromatic rings. The van der Waals surface area contributed by atoms with Crippen LogP contribution in [0.15, 0.2) is 78.2 Å². The van der Waals surface area contributed by atoms with Gasteiger partial charge in [-0.3, -0.25) is 0 Å². The Labute approximate surface area is 134 Å². The highest BCUT2D eigenvalue weighted by Gasteiger charge is 2.05. The Balaban J connectivity index is 1.76. The molecule has 0 radical (unpaired) electrons. The summed E-state index contributed by atoms with van der Waals surface area (Å²) in [6, 6.07) is 26.3. The fourth-order valence-corrected chi connectivity index (χ4v) is 3.65. The van der Waals surface area contributed by atoms with E-state index in [1.165, 1.54) is 37.9 Å². The minimum atomic E-state index is 1.27. The third kappa shape index (κ3) is 2.34. The summed E-state index contributed by atoms with van der Waals surface area (Å²) in [6.45, 7) is 2.12. The van der Waals surface area contributed by atoms with Gasteiger partial charge in [0.15, 0.2) is 0 Å². The zero-order valence-electron chi connectivity index (χ0n) is 12.4. The Morgan fingerprint density at radius 2 is 1.27 bits per heavy atom. The van der Waals surface area contributed by atoms with Crippen LogP contribution in [0.25, 0.3) is 32.3 Å². The maximum absolute atomic E-state index is 2.22. The molecular weight excluding hydrogens is 284 g/mol. The van der Waals surface area contributed by atoms with Crippen LogP contribution in [-0.2, 0) is 0 Å². The van der Waals surface area contributed by atoms with Crippen LogP contribution in [0.4, 0.5) is 0 Å². The summed E-state index contributed by atoms with van der Waals surface area (Å²) < 4.78 is 1.35. The molecule has 0 saturated heterocycles. The fourth-order valence-electron chi connectivity index (χ4n) is 2.83. The summed E-state index contributed by atoms with van der Waals surface area (Å²) in [5, 5.41) is 3.50. The third-order valence-electron chi connectivity index (χ3n) is 4.08. The highest BCUT2D eigenvalue weighted by molar-refractivity contribution is 7.17. The molecule has 0 aliphatic carbocycles. The molecule has 4 rings (SSSR count). The molecule has 0 amide bonds. The van der Waals surface area contributed by atoms with Crippen LogP contribution < -0.4 is 0 Å². The lowest BCUT2D eigenvalue weighted by Crippen LogP contribution is -1.81. The zero-order valence-corrected chi connectivity index (χ0v) is 13.2. The number of hydrogen-bond acceptors (Lipinski definition) is 1. The molecule has 1 aromatic heterocycles. The Morgan fingerprint density at radius 1 is 0.636 bits per heavy atom. The van der Waals surface area contributed by atoms with Gasteiger partial charge in [-0.2, -0.15) is 0 Å². The smallest absolute Gasteiger partial charge is 0.0348 e. The van der Waals surface area contributed by atoms with Crippen LogP contribution in [0.1, 0.15) is 5.56 Å². The van der Waals surface area contributed by atoms with E-state index in [2.05, 4.69) is 85.1 Å². The van der Waals surface area contributed by atoms with Gasteiger partial charge in [-0.15, -0.1) is 11.3 Å². The number of hydrogen-bond donors (Lipinski definition) is 0. The number of benzene rings is 3. The summed E-state index contributed by atoms with van der Waals surface area (Å²) in [4.78, 5) is 0. The predicted octanol–water partition coefficient (Wildman–Crippen LogP) is 6.54.